The number of piperidine rings is 1. The predicted octanol–water partition coefficient (Wildman–Crippen LogP) is 1.27. The molecular weight excluding hydrogens is 330 g/mol. The molecule has 2 aromatic rings. The van der Waals surface area contributed by atoms with Crippen LogP contribution < -0.4 is 4.90 Å². The van der Waals surface area contributed by atoms with Gasteiger partial charge in [-0.15, -0.1) is 0 Å². The van der Waals surface area contributed by atoms with Crippen molar-refractivity contribution in [3.05, 3.63) is 12.7 Å². The molecule has 0 aromatic carbocycles. The molecule has 26 heavy (non-hydrogen) atoms. The highest BCUT2D eigenvalue weighted by molar-refractivity contribution is 5.83. The Labute approximate surface area is 153 Å². The fraction of sp³-hybridized carbons (Fsp3) is 0.667. The summed E-state index contributed by atoms with van der Waals surface area (Å²) in [5.74, 6) is 1.17. The Balaban J connectivity index is 1.30. The molecule has 8 heteroatoms. The number of nitrogens with zero attached hydrogens (tertiary/aromatic N) is 6. The molecule has 140 valence electrons. The number of carbonyl (C=O) groups is 1. The number of imidazole rings is 1. The van der Waals surface area contributed by atoms with E-state index in [1.165, 1.54) is 25.8 Å². The van der Waals surface area contributed by atoms with E-state index < -0.39 is 0 Å². The molecule has 4 heterocycles. The molecule has 0 saturated carbocycles. The van der Waals surface area contributed by atoms with Crippen LogP contribution in [0.15, 0.2) is 12.7 Å². The second kappa shape index (κ2) is 7.57. The molecule has 1 N–H and O–H groups in total. The number of amides is 1. The van der Waals surface area contributed by atoms with E-state index in [4.69, 9.17) is 0 Å². The van der Waals surface area contributed by atoms with E-state index in [9.17, 15) is 4.79 Å². The highest BCUT2D eigenvalue weighted by atomic mass is 16.2. The van der Waals surface area contributed by atoms with E-state index in [0.717, 1.165) is 43.9 Å². The Bertz CT molecular complexity index is 753. The van der Waals surface area contributed by atoms with Gasteiger partial charge in [0.05, 0.1) is 6.33 Å². The number of hydrogen-bond donors (Lipinski definition) is 1. The highest BCUT2D eigenvalue weighted by Crippen LogP contribution is 2.22. The van der Waals surface area contributed by atoms with Gasteiger partial charge in [-0.05, 0) is 32.9 Å². The number of nitrogens with one attached hydrogen (secondary N) is 1. The number of aromatic amines is 1. The molecule has 0 bridgehead atoms. The zero-order valence-electron chi connectivity index (χ0n) is 15.4. The first-order valence-corrected chi connectivity index (χ1v) is 9.59. The van der Waals surface area contributed by atoms with E-state index in [1.807, 2.05) is 4.90 Å². The van der Waals surface area contributed by atoms with Crippen molar-refractivity contribution in [1.29, 1.82) is 0 Å². The van der Waals surface area contributed by atoms with Crippen molar-refractivity contribution in [2.45, 2.75) is 38.1 Å². The molecule has 0 aliphatic carbocycles. The normalized spacial score (nSPS) is 22.1. The fourth-order valence-corrected chi connectivity index (χ4v) is 4.12. The van der Waals surface area contributed by atoms with E-state index in [2.05, 4.69) is 36.8 Å². The van der Waals surface area contributed by atoms with Crippen molar-refractivity contribution in [2.75, 3.05) is 44.7 Å². The molecule has 2 aromatic heterocycles. The summed E-state index contributed by atoms with van der Waals surface area (Å²) in [6.07, 6.45) is 8.65. The Morgan fingerprint density at radius 1 is 1.15 bits per heavy atom. The third-order valence-electron chi connectivity index (χ3n) is 5.75. The Hall–Kier alpha value is -2.22. The molecule has 1 atom stereocenters. The van der Waals surface area contributed by atoms with Crippen LogP contribution in [0.4, 0.5) is 5.82 Å². The lowest BCUT2D eigenvalue weighted by molar-refractivity contribution is -0.131. The molecule has 2 fully saturated rings. The number of hydrogen-bond acceptors (Lipinski definition) is 6. The monoisotopic (exact) mass is 357 g/mol. The van der Waals surface area contributed by atoms with Gasteiger partial charge in [-0.3, -0.25) is 4.79 Å². The average molecular weight is 357 g/mol. The van der Waals surface area contributed by atoms with Crippen LogP contribution in [0.5, 0.6) is 0 Å². The molecule has 1 amide bonds. The SMILES string of the molecule is CN1CCCCC1CCC(=O)N1CCN(c2ncnc3nc[nH]c23)CC1. The largest absolute Gasteiger partial charge is 0.351 e. The Morgan fingerprint density at radius 2 is 2.00 bits per heavy atom. The van der Waals surface area contributed by atoms with E-state index >= 15 is 0 Å². The van der Waals surface area contributed by atoms with Crippen LogP contribution >= 0.6 is 0 Å². The van der Waals surface area contributed by atoms with Gasteiger partial charge in [0.2, 0.25) is 5.91 Å². The maximum Gasteiger partial charge on any atom is 0.222 e. The molecule has 8 nitrogen and oxygen atoms in total. The third-order valence-corrected chi connectivity index (χ3v) is 5.75. The van der Waals surface area contributed by atoms with Gasteiger partial charge in [0, 0.05) is 38.6 Å². The van der Waals surface area contributed by atoms with Crippen LogP contribution in [-0.4, -0.2) is 81.5 Å². The van der Waals surface area contributed by atoms with E-state index in [1.54, 1.807) is 12.7 Å². The number of aromatic nitrogens is 4. The summed E-state index contributed by atoms with van der Waals surface area (Å²) in [6.45, 7) is 4.25. The number of fused-ring (bicyclic) bond motifs is 1. The molecule has 2 saturated heterocycles. The van der Waals surface area contributed by atoms with Crippen LogP contribution in [0.2, 0.25) is 0 Å². The van der Waals surface area contributed by atoms with Crippen LogP contribution in [0.25, 0.3) is 11.2 Å². The van der Waals surface area contributed by atoms with Crippen LogP contribution in [0, 0.1) is 0 Å². The topological polar surface area (TPSA) is 81.2 Å². The van der Waals surface area contributed by atoms with Gasteiger partial charge in [-0.25, -0.2) is 15.0 Å². The lowest BCUT2D eigenvalue weighted by Crippen LogP contribution is -2.49. The van der Waals surface area contributed by atoms with Gasteiger partial charge in [0.25, 0.3) is 0 Å². The predicted molar refractivity (Wildman–Crippen MR) is 100.0 cm³/mol. The number of rotatable bonds is 4. The number of anilines is 1. The second-order valence-electron chi connectivity index (χ2n) is 7.34. The zero-order chi connectivity index (χ0) is 17.9. The maximum atomic E-state index is 12.6. The van der Waals surface area contributed by atoms with Gasteiger partial charge in [0.1, 0.15) is 11.8 Å². The summed E-state index contributed by atoms with van der Waals surface area (Å²) in [5, 5.41) is 0. The van der Waals surface area contributed by atoms with Crippen molar-refractivity contribution >= 4 is 22.9 Å². The van der Waals surface area contributed by atoms with Gasteiger partial charge < -0.3 is 19.7 Å². The van der Waals surface area contributed by atoms with Crippen molar-refractivity contribution < 1.29 is 4.79 Å². The van der Waals surface area contributed by atoms with Crippen molar-refractivity contribution in [1.82, 2.24) is 29.7 Å². The summed E-state index contributed by atoms with van der Waals surface area (Å²) in [7, 11) is 2.19. The molecule has 2 aliphatic rings. The molecule has 1 unspecified atom stereocenters. The number of piperazine rings is 1. The average Bonchev–Trinajstić information content (AvgIpc) is 3.16. The summed E-state index contributed by atoms with van der Waals surface area (Å²) in [5.41, 5.74) is 1.55. The molecular formula is C18H27N7O. The zero-order valence-corrected chi connectivity index (χ0v) is 15.4. The number of carbonyl (C=O) groups excluding carboxylic acids is 1. The van der Waals surface area contributed by atoms with E-state index in [-0.39, 0.29) is 5.91 Å². The fourth-order valence-electron chi connectivity index (χ4n) is 4.12. The minimum absolute atomic E-state index is 0.290. The lowest BCUT2D eigenvalue weighted by atomic mass is 9.98. The summed E-state index contributed by atoms with van der Waals surface area (Å²) in [4.78, 5) is 35.1. The van der Waals surface area contributed by atoms with Crippen LogP contribution in [0.3, 0.4) is 0 Å². The quantitative estimate of drug-likeness (QED) is 0.887. The van der Waals surface area contributed by atoms with Gasteiger partial charge >= 0.3 is 0 Å². The first-order chi connectivity index (χ1) is 12.7. The van der Waals surface area contributed by atoms with Gasteiger partial charge in [0.15, 0.2) is 11.5 Å². The molecule has 0 spiro atoms. The standard InChI is InChI=1S/C18H27N7O/c1-23-7-3-2-4-14(23)5-6-15(26)24-8-10-25(11-9-24)18-16-17(20-12-19-16)21-13-22-18/h12-14H,2-11H2,1H3,(H,19,20,21,22). The van der Waals surface area contributed by atoms with Crippen LogP contribution in [0.1, 0.15) is 32.1 Å². The third kappa shape index (κ3) is 3.51. The summed E-state index contributed by atoms with van der Waals surface area (Å²) < 4.78 is 0. The number of H-pyrrole nitrogens is 1. The van der Waals surface area contributed by atoms with Crippen molar-refractivity contribution in [3.8, 4) is 0 Å². The van der Waals surface area contributed by atoms with Gasteiger partial charge in [-0.2, -0.15) is 0 Å². The Morgan fingerprint density at radius 3 is 2.81 bits per heavy atom. The van der Waals surface area contributed by atoms with Gasteiger partial charge in [-0.1, -0.05) is 6.42 Å². The van der Waals surface area contributed by atoms with Crippen molar-refractivity contribution in [3.63, 3.8) is 0 Å². The van der Waals surface area contributed by atoms with E-state index in [0.29, 0.717) is 18.1 Å². The Kier molecular flexibility index (Phi) is 5.01. The number of likely N-dealkylation sites (tertiary alicyclic amines) is 1. The first kappa shape index (κ1) is 17.2. The first-order valence-electron chi connectivity index (χ1n) is 9.59. The second-order valence-corrected chi connectivity index (χ2v) is 7.34. The minimum atomic E-state index is 0.290. The smallest absolute Gasteiger partial charge is 0.222 e. The highest BCUT2D eigenvalue weighted by Gasteiger charge is 2.25. The van der Waals surface area contributed by atoms with Crippen LogP contribution in [-0.2, 0) is 4.79 Å². The minimum Gasteiger partial charge on any atom is -0.351 e. The summed E-state index contributed by atoms with van der Waals surface area (Å²) >= 11 is 0. The summed E-state index contributed by atoms with van der Waals surface area (Å²) in [6, 6.07) is 0.573. The molecule has 0 radical (unpaired) electrons. The molecule has 4 rings (SSSR count). The lowest BCUT2D eigenvalue weighted by Gasteiger charge is -2.36. The maximum absolute atomic E-state index is 12.6. The molecule has 2 aliphatic heterocycles. The van der Waals surface area contributed by atoms with Crippen molar-refractivity contribution in [2.24, 2.45) is 0 Å².